The topological polar surface area (TPSA) is 193 Å². The highest BCUT2D eigenvalue weighted by atomic mass is 16.6. The second kappa shape index (κ2) is 51.1. The number of carbonyl (C=O) groups is 4. The molecule has 0 spiro atoms. The van der Waals surface area contributed by atoms with Gasteiger partial charge in [0.25, 0.3) is 0 Å². The molecule has 0 aliphatic carbocycles. The van der Waals surface area contributed by atoms with Gasteiger partial charge in [-0.05, 0) is 51.6 Å². The van der Waals surface area contributed by atoms with Crippen molar-refractivity contribution in [2.24, 2.45) is 0 Å². The van der Waals surface area contributed by atoms with Crippen molar-refractivity contribution in [1.82, 2.24) is 9.80 Å². The SMILES string of the molecule is CCCCCCCCCCOC(=O)C(O)CN(CCCCCN(CC(O)C(=O)OCCCCCCCCCC)CC(O)C(=O)OCCCCCCCCCC)CC(O)C(=O)OCCCCCCCCCC. The first-order chi connectivity index (χ1) is 34.5. The Hall–Kier alpha value is -2.36. The number of aliphatic hydroxyl groups is 4. The van der Waals surface area contributed by atoms with Crippen molar-refractivity contribution >= 4 is 23.9 Å². The van der Waals surface area contributed by atoms with E-state index in [9.17, 15) is 39.6 Å². The molecular formula is C57H110N2O12. The molecule has 0 bridgehead atoms. The van der Waals surface area contributed by atoms with Gasteiger partial charge in [-0.25, -0.2) is 19.2 Å². The van der Waals surface area contributed by atoms with Crippen molar-refractivity contribution in [3.8, 4) is 0 Å². The lowest BCUT2D eigenvalue weighted by atomic mass is 10.1. The van der Waals surface area contributed by atoms with Gasteiger partial charge in [0.2, 0.25) is 0 Å². The highest BCUT2D eigenvalue weighted by molar-refractivity contribution is 5.76. The summed E-state index contributed by atoms with van der Waals surface area (Å²) in [5.74, 6) is -2.98. The largest absolute Gasteiger partial charge is 0.464 e. The standard InChI is InChI=1S/C57H110N2O12/c1-5-9-13-17-21-25-29-36-42-68-54(64)50(60)46-58(47-51(61)55(65)69-43-37-30-26-22-18-14-10-6-2)40-34-33-35-41-59(48-52(62)56(66)70-44-38-31-27-23-19-15-11-7-3)49-53(63)57(67)71-45-39-32-28-24-20-16-12-8-4/h50-53,60-63H,5-49H2,1-4H3. The van der Waals surface area contributed by atoms with Gasteiger partial charge in [0, 0.05) is 26.2 Å². The summed E-state index contributed by atoms with van der Waals surface area (Å²) in [5, 5.41) is 43.6. The third kappa shape index (κ3) is 43.7. The summed E-state index contributed by atoms with van der Waals surface area (Å²) >= 11 is 0. The minimum Gasteiger partial charge on any atom is -0.464 e. The Labute approximate surface area is 433 Å². The number of nitrogens with zero attached hydrogens (tertiary/aromatic N) is 2. The minimum atomic E-state index is -1.48. The van der Waals surface area contributed by atoms with Crippen LogP contribution >= 0.6 is 0 Å². The van der Waals surface area contributed by atoms with Gasteiger partial charge in [-0.3, -0.25) is 9.80 Å². The summed E-state index contributed by atoms with van der Waals surface area (Å²) in [6, 6.07) is 0. The zero-order valence-corrected chi connectivity index (χ0v) is 46.1. The molecule has 0 amide bonds. The quantitative estimate of drug-likeness (QED) is 0.0255. The molecule has 0 aliphatic heterocycles. The second-order valence-corrected chi connectivity index (χ2v) is 20.2. The van der Waals surface area contributed by atoms with Gasteiger partial charge < -0.3 is 39.4 Å². The molecule has 14 nitrogen and oxygen atoms in total. The van der Waals surface area contributed by atoms with Gasteiger partial charge in [-0.1, -0.05) is 214 Å². The summed E-state index contributed by atoms with van der Waals surface area (Å²) in [6.45, 7) is 9.69. The van der Waals surface area contributed by atoms with Crippen molar-refractivity contribution in [2.75, 3.05) is 65.7 Å². The number of carbonyl (C=O) groups excluding carboxylic acids is 4. The maximum atomic E-state index is 12.8. The Morgan fingerprint density at radius 2 is 0.451 bits per heavy atom. The lowest BCUT2D eigenvalue weighted by Crippen LogP contribution is -2.44. The van der Waals surface area contributed by atoms with E-state index in [-0.39, 0.29) is 52.6 Å². The van der Waals surface area contributed by atoms with Crippen molar-refractivity contribution in [3.05, 3.63) is 0 Å². The van der Waals surface area contributed by atoms with Gasteiger partial charge in [0.1, 0.15) is 0 Å². The lowest BCUT2D eigenvalue weighted by molar-refractivity contribution is -0.158. The molecule has 4 atom stereocenters. The molecule has 0 aromatic heterocycles. The van der Waals surface area contributed by atoms with E-state index < -0.39 is 48.3 Å². The van der Waals surface area contributed by atoms with Crippen molar-refractivity contribution in [3.63, 3.8) is 0 Å². The number of esters is 4. The Morgan fingerprint density at radius 3 is 0.648 bits per heavy atom. The van der Waals surface area contributed by atoms with Crippen LogP contribution in [0.3, 0.4) is 0 Å². The van der Waals surface area contributed by atoms with Crippen molar-refractivity contribution in [1.29, 1.82) is 0 Å². The molecule has 0 saturated carbocycles. The third-order valence-corrected chi connectivity index (χ3v) is 13.2. The highest BCUT2D eigenvalue weighted by Gasteiger charge is 2.27. The van der Waals surface area contributed by atoms with Gasteiger partial charge in [0.15, 0.2) is 24.4 Å². The van der Waals surface area contributed by atoms with Crippen molar-refractivity contribution in [2.45, 2.75) is 277 Å². The molecule has 0 radical (unpaired) electrons. The number of aliphatic hydroxyl groups excluding tert-OH is 4. The molecule has 71 heavy (non-hydrogen) atoms. The first-order valence-corrected chi connectivity index (χ1v) is 29.3. The summed E-state index contributed by atoms with van der Waals surface area (Å²) in [7, 11) is 0. The van der Waals surface area contributed by atoms with E-state index in [0.717, 1.165) is 77.0 Å². The number of rotatable bonds is 54. The first kappa shape index (κ1) is 68.6. The molecule has 420 valence electrons. The van der Waals surface area contributed by atoms with E-state index in [4.69, 9.17) is 18.9 Å². The van der Waals surface area contributed by atoms with E-state index in [1.165, 1.54) is 103 Å². The minimum absolute atomic E-state index is 0.148. The maximum absolute atomic E-state index is 12.8. The van der Waals surface area contributed by atoms with Gasteiger partial charge in [0.05, 0.1) is 26.4 Å². The molecule has 4 N–H and O–H groups in total. The molecule has 0 saturated heterocycles. The van der Waals surface area contributed by atoms with Gasteiger partial charge in [-0.2, -0.15) is 0 Å². The van der Waals surface area contributed by atoms with E-state index in [2.05, 4.69) is 27.7 Å². The highest BCUT2D eigenvalue weighted by Crippen LogP contribution is 2.14. The Balaban J connectivity index is 5.44. The van der Waals surface area contributed by atoms with E-state index in [1.54, 1.807) is 9.80 Å². The van der Waals surface area contributed by atoms with Gasteiger partial charge in [-0.15, -0.1) is 0 Å². The van der Waals surface area contributed by atoms with E-state index >= 15 is 0 Å². The van der Waals surface area contributed by atoms with Crippen LogP contribution in [-0.4, -0.2) is 144 Å². The van der Waals surface area contributed by atoms with Crippen LogP contribution in [0.25, 0.3) is 0 Å². The first-order valence-electron chi connectivity index (χ1n) is 29.3. The average molecular weight is 1020 g/mol. The number of hydrogen-bond donors (Lipinski definition) is 4. The average Bonchev–Trinajstić information content (AvgIpc) is 3.35. The Kier molecular flexibility index (Phi) is 49.4. The normalized spacial score (nSPS) is 13.3. The fourth-order valence-corrected chi connectivity index (χ4v) is 8.66. The molecule has 0 aromatic carbocycles. The van der Waals surface area contributed by atoms with Crippen LogP contribution in [0.5, 0.6) is 0 Å². The smallest absolute Gasteiger partial charge is 0.336 e. The van der Waals surface area contributed by atoms with Crippen LogP contribution in [0.2, 0.25) is 0 Å². The molecule has 0 rings (SSSR count). The second-order valence-electron chi connectivity index (χ2n) is 20.2. The molecule has 4 unspecified atom stereocenters. The fourth-order valence-electron chi connectivity index (χ4n) is 8.66. The Morgan fingerprint density at radius 1 is 0.282 bits per heavy atom. The van der Waals surface area contributed by atoms with Crippen molar-refractivity contribution < 1.29 is 58.6 Å². The zero-order chi connectivity index (χ0) is 52.4. The molecule has 0 fully saturated rings. The summed E-state index contributed by atoms with van der Waals surface area (Å²) in [4.78, 5) is 54.7. The molecule has 0 heterocycles. The molecular weight excluding hydrogens is 905 g/mol. The predicted octanol–water partition coefficient (Wildman–Crippen LogP) is 10.9. The van der Waals surface area contributed by atoms with Gasteiger partial charge >= 0.3 is 23.9 Å². The number of hydrogen-bond acceptors (Lipinski definition) is 14. The van der Waals surface area contributed by atoms with Crippen LogP contribution in [0.15, 0.2) is 0 Å². The maximum Gasteiger partial charge on any atom is 0.336 e. The molecule has 0 aliphatic rings. The summed E-state index contributed by atoms with van der Waals surface area (Å²) in [5.41, 5.74) is 0. The summed E-state index contributed by atoms with van der Waals surface area (Å²) in [6.07, 6.45) is 30.9. The monoisotopic (exact) mass is 1010 g/mol. The Bertz CT molecular complexity index is 1050. The van der Waals surface area contributed by atoms with E-state index in [1.807, 2.05) is 0 Å². The third-order valence-electron chi connectivity index (χ3n) is 13.2. The summed E-state index contributed by atoms with van der Waals surface area (Å²) < 4.78 is 21.6. The molecule has 0 aromatic rings. The van der Waals surface area contributed by atoms with Crippen LogP contribution in [-0.2, 0) is 38.1 Å². The van der Waals surface area contributed by atoms with E-state index in [0.29, 0.717) is 58.0 Å². The van der Waals surface area contributed by atoms with Crippen LogP contribution < -0.4 is 0 Å². The fraction of sp³-hybridized carbons (Fsp3) is 0.930. The van der Waals surface area contributed by atoms with Crippen LogP contribution in [0, 0.1) is 0 Å². The number of unbranched alkanes of at least 4 members (excludes halogenated alkanes) is 30. The lowest BCUT2D eigenvalue weighted by Gasteiger charge is -2.27. The zero-order valence-electron chi connectivity index (χ0n) is 46.1. The molecule has 14 heteroatoms. The van der Waals surface area contributed by atoms with Crippen LogP contribution in [0.4, 0.5) is 0 Å². The predicted molar refractivity (Wildman–Crippen MR) is 285 cm³/mol. The number of ether oxygens (including phenoxy) is 4. The van der Waals surface area contributed by atoms with Crippen LogP contribution in [0.1, 0.15) is 252 Å².